The molecule has 0 fully saturated rings. The molecule has 0 amide bonds. The molecular weight excluding hydrogens is 216 g/mol. The first-order chi connectivity index (χ1) is 4.61. The largest absolute Gasteiger partial charge is 0.540 e. The lowest BCUT2D eigenvalue weighted by molar-refractivity contribution is -0.254. The van der Waals surface area contributed by atoms with Gasteiger partial charge in [0.2, 0.25) is 0 Å². The van der Waals surface area contributed by atoms with Gasteiger partial charge < -0.3 is 9.90 Å². The van der Waals surface area contributed by atoms with E-state index in [2.05, 4.69) is 15.9 Å². The second-order valence-corrected chi connectivity index (χ2v) is 4.56. The van der Waals surface area contributed by atoms with Gasteiger partial charge in [-0.3, -0.25) is 0 Å². The van der Waals surface area contributed by atoms with Gasteiger partial charge in [-0.25, -0.2) is 0 Å². The number of hydrogen-bond donors (Lipinski definition) is 0. The maximum absolute atomic E-state index is 10.3. The molecule has 1 heterocycles. The summed E-state index contributed by atoms with van der Waals surface area (Å²) < 4.78 is 0.831. The minimum Gasteiger partial charge on any atom is -0.540 e. The van der Waals surface area contributed by atoms with Gasteiger partial charge in [-0.2, -0.15) is 0 Å². The Hall–Kier alpha value is -0.350. The van der Waals surface area contributed by atoms with E-state index in [9.17, 15) is 9.90 Å². The molecule has 54 valence electrons. The molecule has 0 N–H and O–H groups in total. The van der Waals surface area contributed by atoms with Crippen molar-refractivity contribution in [2.75, 3.05) is 0 Å². The van der Waals surface area contributed by atoms with E-state index in [1.54, 1.807) is 6.07 Å². The monoisotopic (exact) mass is 220 g/mol. The van der Waals surface area contributed by atoms with Crippen molar-refractivity contribution in [3.8, 4) is 0 Å². The van der Waals surface area contributed by atoms with Crippen LogP contribution < -0.4 is 5.11 Å². The first-order valence-corrected chi connectivity index (χ1v) is 5.05. The van der Waals surface area contributed by atoms with E-state index < -0.39 is 5.97 Å². The first kappa shape index (κ1) is 7.75. The third-order valence-electron chi connectivity index (χ3n) is 1.11. The lowest BCUT2D eigenvalue weighted by atomic mass is 10.5. The average molecular weight is 221 g/mol. The third-order valence-corrected chi connectivity index (χ3v) is 3.45. The highest BCUT2D eigenvalue weighted by Crippen LogP contribution is 2.27. The van der Waals surface area contributed by atoms with Gasteiger partial charge in [-0.05, 0) is 26.4 Å². The molecule has 0 saturated carbocycles. The van der Waals surface area contributed by atoms with Crippen LogP contribution in [0.4, 0.5) is 0 Å². The van der Waals surface area contributed by atoms with E-state index in [-0.39, 0.29) is 10.5 Å². The van der Waals surface area contributed by atoms with Gasteiger partial charge >= 0.3 is 0 Å². The molecule has 0 saturated heterocycles. The molecule has 1 rings (SSSR count). The molecule has 10 heavy (non-hydrogen) atoms. The zero-order chi connectivity index (χ0) is 7.72. The molecular formula is C6H5BrO2S. The Morgan fingerprint density at radius 1 is 1.80 bits per heavy atom. The molecule has 2 nitrogen and oxygen atoms in total. The molecule has 0 spiro atoms. The number of carbonyl (C=O) groups excluding carboxylic acids is 1. The number of carboxylic acids is 1. The number of carbonyl (C=O) groups is 1. The number of halogens is 1. The van der Waals surface area contributed by atoms with E-state index in [1.807, 2.05) is 11.6 Å². The van der Waals surface area contributed by atoms with Gasteiger partial charge in [0.1, 0.15) is 12.2 Å². The Morgan fingerprint density at radius 3 is 2.60 bits per heavy atom. The van der Waals surface area contributed by atoms with E-state index in [1.165, 1.54) is 0 Å². The van der Waals surface area contributed by atoms with Crippen LogP contribution in [0.15, 0.2) is 15.9 Å². The van der Waals surface area contributed by atoms with Crippen molar-refractivity contribution >= 4 is 32.4 Å². The highest BCUT2D eigenvalue weighted by molar-refractivity contribution is 9.10. The van der Waals surface area contributed by atoms with Crippen LogP contribution >= 0.6 is 26.4 Å². The van der Waals surface area contributed by atoms with Gasteiger partial charge in [0.15, 0.2) is 10.3 Å². The normalized spacial score (nSPS) is 11.6. The molecule has 1 aromatic heterocycles. The molecule has 0 radical (unpaired) electrons. The molecule has 1 atom stereocenters. The van der Waals surface area contributed by atoms with E-state index in [4.69, 9.17) is 0 Å². The number of aromatic carboxylic acids is 1. The minimum atomic E-state index is -1.07. The maximum atomic E-state index is 10.3. The summed E-state index contributed by atoms with van der Waals surface area (Å²) in [7, 11) is -0.281. The zero-order valence-electron chi connectivity index (χ0n) is 5.26. The first-order valence-electron chi connectivity index (χ1n) is 2.56. The van der Waals surface area contributed by atoms with Gasteiger partial charge in [0, 0.05) is 6.07 Å². The molecule has 0 aliphatic rings. The fraction of sp³-hybridized carbons (Fsp3) is 0.167. The number of hydrogen-bond acceptors (Lipinski definition) is 2. The zero-order valence-corrected chi connectivity index (χ0v) is 7.66. The lowest BCUT2D eigenvalue weighted by Gasteiger charge is -1.89. The van der Waals surface area contributed by atoms with Gasteiger partial charge in [0.05, 0.1) is 4.47 Å². The molecule has 1 aromatic rings. The quantitative estimate of drug-likeness (QED) is 0.666. The van der Waals surface area contributed by atoms with Crippen LogP contribution in [-0.2, 0) is 6.26 Å². The predicted molar refractivity (Wildman–Crippen MR) is 41.9 cm³/mol. The van der Waals surface area contributed by atoms with Crippen molar-refractivity contribution in [2.45, 2.75) is 0 Å². The number of aryl methyl sites for hydroxylation is 1. The lowest BCUT2D eigenvalue weighted by Crippen LogP contribution is -2.21. The summed E-state index contributed by atoms with van der Waals surface area (Å²) in [6.45, 7) is 0. The van der Waals surface area contributed by atoms with E-state index in [0.717, 1.165) is 4.47 Å². The van der Waals surface area contributed by atoms with Crippen molar-refractivity contribution in [1.29, 1.82) is 0 Å². The van der Waals surface area contributed by atoms with Crippen molar-refractivity contribution in [1.82, 2.24) is 0 Å². The summed E-state index contributed by atoms with van der Waals surface area (Å²) in [5, 5.41) is 12.2. The Kier molecular flexibility index (Phi) is 2.11. The smallest absolute Gasteiger partial charge is 0.196 e. The number of carboxylic acid groups (broad SMARTS) is 1. The van der Waals surface area contributed by atoms with Crippen LogP contribution in [-0.4, -0.2) is 5.97 Å². The van der Waals surface area contributed by atoms with Crippen LogP contribution in [0.3, 0.4) is 0 Å². The fourth-order valence-corrected chi connectivity index (χ4v) is 3.00. The predicted octanol–water partition coefficient (Wildman–Crippen LogP) is 1.10. The third kappa shape index (κ3) is 1.38. The highest BCUT2D eigenvalue weighted by Gasteiger charge is 2.11. The maximum Gasteiger partial charge on any atom is 0.196 e. The Labute approximate surface area is 69.6 Å². The fourth-order valence-electron chi connectivity index (χ4n) is 0.675. The van der Waals surface area contributed by atoms with Crippen molar-refractivity contribution in [3.05, 3.63) is 20.8 Å². The highest BCUT2D eigenvalue weighted by atomic mass is 79.9. The van der Waals surface area contributed by atoms with Crippen LogP contribution in [0.1, 0.15) is 9.67 Å². The Bertz CT molecular complexity index is 267. The van der Waals surface area contributed by atoms with Gasteiger partial charge in [0.25, 0.3) is 0 Å². The standard InChI is InChI=1S/C6H5BrO2S/c1-10-3-4(7)2-5(10)6(8)9/h2-3H,1H3. The van der Waals surface area contributed by atoms with Crippen molar-refractivity contribution in [3.63, 3.8) is 0 Å². The van der Waals surface area contributed by atoms with E-state index in [0.29, 0.717) is 4.88 Å². The summed E-state index contributed by atoms with van der Waals surface area (Å²) in [6, 6.07) is 1.58. The SMILES string of the molecule is C[s+]1cc(Br)cc1C(=O)[O-]. The molecule has 1 unspecified atom stereocenters. The Balaban J connectivity index is 3.15. The molecule has 4 heteroatoms. The molecule has 0 aromatic carbocycles. The summed E-state index contributed by atoms with van der Waals surface area (Å²) in [4.78, 5) is 10.7. The van der Waals surface area contributed by atoms with E-state index >= 15 is 0 Å². The van der Waals surface area contributed by atoms with Crippen LogP contribution in [0, 0.1) is 0 Å². The number of rotatable bonds is 1. The second-order valence-electron chi connectivity index (χ2n) is 1.86. The van der Waals surface area contributed by atoms with Crippen LogP contribution in [0.2, 0.25) is 0 Å². The minimum absolute atomic E-state index is 0.281. The van der Waals surface area contributed by atoms with Gasteiger partial charge in [-0.15, -0.1) is 0 Å². The average Bonchev–Trinajstić information content (AvgIpc) is 2.10. The summed E-state index contributed by atoms with van der Waals surface area (Å²) in [5.41, 5.74) is 0. The van der Waals surface area contributed by atoms with Crippen molar-refractivity contribution in [2.24, 2.45) is 6.26 Å². The Morgan fingerprint density at radius 2 is 2.40 bits per heavy atom. The molecule has 0 aliphatic carbocycles. The summed E-state index contributed by atoms with van der Waals surface area (Å²) in [5.74, 6) is -1.07. The van der Waals surface area contributed by atoms with Crippen LogP contribution in [0.25, 0.3) is 0 Å². The molecule has 0 bridgehead atoms. The summed E-state index contributed by atoms with van der Waals surface area (Å²) in [6.07, 6.45) is 1.84. The second kappa shape index (κ2) is 2.72. The van der Waals surface area contributed by atoms with Gasteiger partial charge in [-0.1, -0.05) is 0 Å². The molecule has 0 aliphatic heterocycles. The summed E-state index contributed by atoms with van der Waals surface area (Å²) >= 11 is 3.19. The van der Waals surface area contributed by atoms with Crippen molar-refractivity contribution < 1.29 is 9.90 Å². The van der Waals surface area contributed by atoms with Crippen LogP contribution in [0.5, 0.6) is 0 Å². The topological polar surface area (TPSA) is 40.1 Å². The number of thiophene rings is 1.